The highest BCUT2D eigenvalue weighted by molar-refractivity contribution is 5.96. The molecule has 0 aliphatic carbocycles. The number of H-pyrrole nitrogens is 1. The van der Waals surface area contributed by atoms with E-state index < -0.39 is 6.04 Å². The number of nitrogens with two attached hydrogens (primary N) is 1. The number of hydrogen-bond donors (Lipinski definition) is 3. The lowest BCUT2D eigenvalue weighted by atomic mass is 10.1. The first-order chi connectivity index (χ1) is 10.2. The Morgan fingerprint density at radius 1 is 1.24 bits per heavy atom. The summed E-state index contributed by atoms with van der Waals surface area (Å²) in [6.45, 7) is 0. The summed E-state index contributed by atoms with van der Waals surface area (Å²) >= 11 is 0. The number of aromatic amines is 1. The third-order valence-electron chi connectivity index (χ3n) is 3.34. The van der Waals surface area contributed by atoms with E-state index in [0.717, 1.165) is 22.2 Å². The van der Waals surface area contributed by atoms with Crippen LogP contribution in [0.3, 0.4) is 0 Å². The van der Waals surface area contributed by atoms with E-state index in [1.807, 2.05) is 48.5 Å². The van der Waals surface area contributed by atoms with Gasteiger partial charge in [-0.2, -0.15) is 5.10 Å². The van der Waals surface area contributed by atoms with Crippen molar-refractivity contribution in [1.82, 2.24) is 10.2 Å². The summed E-state index contributed by atoms with van der Waals surface area (Å²) in [5.41, 5.74) is 8.66. The molecule has 1 heterocycles. The Kier molecular flexibility index (Phi) is 3.66. The summed E-state index contributed by atoms with van der Waals surface area (Å²) in [5, 5.41) is 10.6. The highest BCUT2D eigenvalue weighted by Crippen LogP contribution is 2.17. The monoisotopic (exact) mass is 280 g/mol. The molecule has 3 rings (SSSR count). The Hall–Kier alpha value is -2.66. The summed E-state index contributed by atoms with van der Waals surface area (Å²) < 4.78 is 0. The van der Waals surface area contributed by atoms with E-state index in [1.54, 1.807) is 6.20 Å². The van der Waals surface area contributed by atoms with E-state index in [0.29, 0.717) is 6.42 Å². The third-order valence-corrected chi connectivity index (χ3v) is 3.34. The molecule has 1 amide bonds. The molecule has 1 aromatic heterocycles. The van der Waals surface area contributed by atoms with Gasteiger partial charge in [0, 0.05) is 11.1 Å². The van der Waals surface area contributed by atoms with Crippen LogP contribution in [0.4, 0.5) is 5.69 Å². The van der Waals surface area contributed by atoms with Crippen LogP contribution in [0.25, 0.3) is 10.9 Å². The van der Waals surface area contributed by atoms with Crippen molar-refractivity contribution < 1.29 is 4.79 Å². The van der Waals surface area contributed by atoms with Gasteiger partial charge in [0.1, 0.15) is 0 Å². The molecule has 0 aliphatic heterocycles. The van der Waals surface area contributed by atoms with Gasteiger partial charge in [0.05, 0.1) is 17.8 Å². The van der Waals surface area contributed by atoms with Crippen molar-refractivity contribution in [2.75, 3.05) is 5.32 Å². The lowest BCUT2D eigenvalue weighted by Crippen LogP contribution is -2.37. The van der Waals surface area contributed by atoms with Crippen molar-refractivity contribution >= 4 is 22.5 Å². The number of hydrogen-bond acceptors (Lipinski definition) is 3. The summed E-state index contributed by atoms with van der Waals surface area (Å²) in [5.74, 6) is -0.193. The Morgan fingerprint density at radius 3 is 2.86 bits per heavy atom. The molecule has 0 spiro atoms. The number of benzene rings is 2. The zero-order chi connectivity index (χ0) is 14.7. The smallest absolute Gasteiger partial charge is 0.241 e. The van der Waals surface area contributed by atoms with Gasteiger partial charge < -0.3 is 11.1 Å². The van der Waals surface area contributed by atoms with Crippen LogP contribution >= 0.6 is 0 Å². The molecule has 0 unspecified atom stereocenters. The van der Waals surface area contributed by atoms with E-state index in [9.17, 15) is 4.79 Å². The van der Waals surface area contributed by atoms with E-state index >= 15 is 0 Å². The van der Waals surface area contributed by atoms with E-state index in [2.05, 4.69) is 15.5 Å². The molecule has 3 aromatic rings. The third kappa shape index (κ3) is 3.09. The topological polar surface area (TPSA) is 83.8 Å². The van der Waals surface area contributed by atoms with Crippen LogP contribution in [-0.4, -0.2) is 22.1 Å². The Balaban J connectivity index is 1.67. The average Bonchev–Trinajstić information content (AvgIpc) is 2.95. The number of carbonyl (C=O) groups excluding carboxylic acids is 1. The lowest BCUT2D eigenvalue weighted by molar-refractivity contribution is -0.117. The molecular formula is C16H16N4O. The van der Waals surface area contributed by atoms with Crippen molar-refractivity contribution in [3.8, 4) is 0 Å². The molecule has 0 saturated heterocycles. The zero-order valence-electron chi connectivity index (χ0n) is 11.4. The van der Waals surface area contributed by atoms with Crippen LogP contribution < -0.4 is 11.1 Å². The first kappa shape index (κ1) is 13.3. The molecule has 106 valence electrons. The minimum atomic E-state index is -0.576. The standard InChI is InChI=1S/C16H16N4O/c17-14(8-11-4-2-1-3-5-11)16(21)19-13-6-7-15-12(9-13)10-18-20-15/h1-7,9-10,14H,8,17H2,(H,18,20)(H,19,21)/t14-/m1/s1. The number of carbonyl (C=O) groups is 1. The van der Waals surface area contributed by atoms with Gasteiger partial charge in [-0.25, -0.2) is 0 Å². The van der Waals surface area contributed by atoms with Crippen LogP contribution in [-0.2, 0) is 11.2 Å². The Bertz CT molecular complexity index is 751. The first-order valence-electron chi connectivity index (χ1n) is 6.76. The van der Waals surface area contributed by atoms with Gasteiger partial charge in [0.15, 0.2) is 0 Å². The molecule has 1 atom stereocenters. The zero-order valence-corrected chi connectivity index (χ0v) is 11.4. The first-order valence-corrected chi connectivity index (χ1v) is 6.76. The fourth-order valence-electron chi connectivity index (χ4n) is 2.22. The minimum absolute atomic E-state index is 0.193. The number of fused-ring (bicyclic) bond motifs is 1. The van der Waals surface area contributed by atoms with Crippen molar-refractivity contribution in [3.63, 3.8) is 0 Å². The van der Waals surface area contributed by atoms with Crippen LogP contribution in [0, 0.1) is 0 Å². The molecule has 0 radical (unpaired) electrons. The van der Waals surface area contributed by atoms with Crippen LogP contribution in [0.15, 0.2) is 54.7 Å². The molecular weight excluding hydrogens is 264 g/mol. The minimum Gasteiger partial charge on any atom is -0.325 e. The number of anilines is 1. The number of rotatable bonds is 4. The fraction of sp³-hybridized carbons (Fsp3) is 0.125. The lowest BCUT2D eigenvalue weighted by Gasteiger charge is -2.12. The van der Waals surface area contributed by atoms with Gasteiger partial charge >= 0.3 is 0 Å². The molecule has 4 N–H and O–H groups in total. The SMILES string of the molecule is N[C@H](Cc1ccccc1)C(=O)Nc1ccc2[nH]ncc2c1. The van der Waals surface area contributed by atoms with Gasteiger partial charge in [-0.15, -0.1) is 0 Å². The number of nitrogens with zero attached hydrogens (tertiary/aromatic N) is 1. The van der Waals surface area contributed by atoms with E-state index in [1.165, 1.54) is 0 Å². The molecule has 5 nitrogen and oxygen atoms in total. The summed E-state index contributed by atoms with van der Waals surface area (Å²) in [6.07, 6.45) is 2.23. The maximum atomic E-state index is 12.1. The van der Waals surface area contributed by atoms with Crippen LogP contribution in [0.5, 0.6) is 0 Å². The van der Waals surface area contributed by atoms with E-state index in [-0.39, 0.29) is 5.91 Å². The van der Waals surface area contributed by atoms with Gasteiger partial charge in [-0.05, 0) is 30.2 Å². The maximum absolute atomic E-state index is 12.1. The maximum Gasteiger partial charge on any atom is 0.241 e. The van der Waals surface area contributed by atoms with Crippen molar-refractivity contribution in [2.24, 2.45) is 5.73 Å². The second-order valence-corrected chi connectivity index (χ2v) is 4.96. The van der Waals surface area contributed by atoms with E-state index in [4.69, 9.17) is 5.73 Å². The highest BCUT2D eigenvalue weighted by atomic mass is 16.2. The molecule has 0 bridgehead atoms. The molecule has 0 saturated carbocycles. The second-order valence-electron chi connectivity index (χ2n) is 4.96. The van der Waals surface area contributed by atoms with Gasteiger partial charge in [0.25, 0.3) is 0 Å². The number of nitrogens with one attached hydrogen (secondary N) is 2. The molecule has 2 aromatic carbocycles. The molecule has 5 heteroatoms. The largest absolute Gasteiger partial charge is 0.325 e. The predicted octanol–water partition coefficient (Wildman–Crippen LogP) is 2.07. The normalized spacial score (nSPS) is 12.2. The van der Waals surface area contributed by atoms with Crippen molar-refractivity contribution in [2.45, 2.75) is 12.5 Å². The average molecular weight is 280 g/mol. The quantitative estimate of drug-likeness (QED) is 0.684. The predicted molar refractivity (Wildman–Crippen MR) is 82.8 cm³/mol. The van der Waals surface area contributed by atoms with Crippen molar-refractivity contribution in [3.05, 3.63) is 60.3 Å². The van der Waals surface area contributed by atoms with Gasteiger partial charge in [0.2, 0.25) is 5.91 Å². The van der Waals surface area contributed by atoms with Gasteiger partial charge in [-0.1, -0.05) is 30.3 Å². The summed E-state index contributed by atoms with van der Waals surface area (Å²) in [6, 6.07) is 14.7. The van der Waals surface area contributed by atoms with Crippen LogP contribution in [0.1, 0.15) is 5.56 Å². The fourth-order valence-corrected chi connectivity index (χ4v) is 2.22. The Morgan fingerprint density at radius 2 is 2.05 bits per heavy atom. The van der Waals surface area contributed by atoms with Gasteiger partial charge in [-0.3, -0.25) is 9.89 Å². The molecule has 21 heavy (non-hydrogen) atoms. The number of amides is 1. The number of aromatic nitrogens is 2. The molecule has 0 fully saturated rings. The highest BCUT2D eigenvalue weighted by Gasteiger charge is 2.14. The van der Waals surface area contributed by atoms with Crippen molar-refractivity contribution in [1.29, 1.82) is 0 Å². The second kappa shape index (κ2) is 5.76. The summed E-state index contributed by atoms with van der Waals surface area (Å²) in [7, 11) is 0. The van der Waals surface area contributed by atoms with Crippen LogP contribution in [0.2, 0.25) is 0 Å². The molecule has 0 aliphatic rings. The Labute approximate surface area is 122 Å². The summed E-state index contributed by atoms with van der Waals surface area (Å²) in [4.78, 5) is 12.1.